The molecule has 0 unspecified atom stereocenters. The second-order valence-corrected chi connectivity index (χ2v) is 6.36. The molecular weight excluding hydrogens is 350 g/mol. The number of ether oxygens (including phenoxy) is 1. The molecule has 0 aliphatic rings. The minimum absolute atomic E-state index is 0.178. The summed E-state index contributed by atoms with van der Waals surface area (Å²) in [4.78, 5) is 13.1. The van der Waals surface area contributed by atoms with E-state index >= 15 is 0 Å². The highest BCUT2D eigenvalue weighted by molar-refractivity contribution is 7.99. The van der Waals surface area contributed by atoms with E-state index in [1.165, 1.54) is 16.3 Å². The molecule has 4 aromatic rings. The Bertz CT molecular complexity index is 1200. The second kappa shape index (κ2) is 6.54. The van der Waals surface area contributed by atoms with Gasteiger partial charge in [0.25, 0.3) is 5.56 Å². The Balaban J connectivity index is 2.08. The van der Waals surface area contributed by atoms with Gasteiger partial charge in [-0.3, -0.25) is 9.20 Å². The van der Waals surface area contributed by atoms with Gasteiger partial charge in [0, 0.05) is 0 Å². The molecule has 0 saturated carbocycles. The maximum Gasteiger partial charge on any atom is 0.267 e. The van der Waals surface area contributed by atoms with Gasteiger partial charge in [0.2, 0.25) is 5.78 Å². The van der Waals surface area contributed by atoms with Crippen LogP contribution >= 0.6 is 11.8 Å². The van der Waals surface area contributed by atoms with Crippen LogP contribution in [0, 0.1) is 11.3 Å². The molecule has 0 N–H and O–H groups in total. The van der Waals surface area contributed by atoms with Crippen molar-refractivity contribution in [2.45, 2.75) is 5.16 Å². The second-order valence-electron chi connectivity index (χ2n) is 5.42. The van der Waals surface area contributed by atoms with Crippen LogP contribution in [0.15, 0.2) is 58.5 Å². The molecule has 2 heterocycles. The minimum Gasteiger partial charge on any atom is -0.497 e. The molecule has 0 aliphatic carbocycles. The molecule has 26 heavy (non-hydrogen) atoms. The fraction of sp³-hybridized carbons (Fsp3) is 0.111. The van der Waals surface area contributed by atoms with E-state index in [-0.39, 0.29) is 11.3 Å². The predicted molar refractivity (Wildman–Crippen MR) is 99.0 cm³/mol. The number of methoxy groups -OCH3 is 1. The molecule has 0 aliphatic heterocycles. The van der Waals surface area contributed by atoms with E-state index in [0.29, 0.717) is 33.3 Å². The van der Waals surface area contributed by atoms with E-state index in [1.54, 1.807) is 37.4 Å². The summed E-state index contributed by atoms with van der Waals surface area (Å²) < 4.78 is 8.51. The summed E-state index contributed by atoms with van der Waals surface area (Å²) in [6, 6.07) is 16.6. The first-order valence-corrected chi connectivity index (χ1v) is 8.76. The first kappa shape index (κ1) is 16.2. The number of fused-ring (bicyclic) bond motifs is 3. The van der Waals surface area contributed by atoms with Crippen LogP contribution < -0.4 is 10.3 Å². The van der Waals surface area contributed by atoms with E-state index in [1.807, 2.05) is 22.6 Å². The summed E-state index contributed by atoms with van der Waals surface area (Å²) in [6.45, 7) is 0. The highest BCUT2D eigenvalue weighted by atomic mass is 32.2. The highest BCUT2D eigenvalue weighted by Crippen LogP contribution is 2.23. The molecule has 0 radical (unpaired) electrons. The largest absolute Gasteiger partial charge is 0.497 e. The third-order valence-electron chi connectivity index (χ3n) is 3.99. The average molecular weight is 363 g/mol. The summed E-state index contributed by atoms with van der Waals surface area (Å²) in [5.41, 5.74) is 1.20. The zero-order valence-corrected chi connectivity index (χ0v) is 14.6. The Morgan fingerprint density at radius 3 is 2.65 bits per heavy atom. The summed E-state index contributed by atoms with van der Waals surface area (Å²) in [5, 5.41) is 18.4. The topological polar surface area (TPSA) is 85.2 Å². The van der Waals surface area contributed by atoms with E-state index in [9.17, 15) is 4.79 Å². The Kier molecular flexibility index (Phi) is 4.07. The van der Waals surface area contributed by atoms with Crippen LogP contribution in [0.25, 0.3) is 22.4 Å². The number of nitriles is 1. The zero-order valence-electron chi connectivity index (χ0n) is 13.8. The molecule has 0 amide bonds. The standard InChI is InChI=1S/C18H13N5O2S/c1-25-13-8-6-12(7-9-13)22-16(24)14-4-2-3-5-15(14)23-17(22)20-21-18(23)26-11-10-19/h2-9H,11H2,1H3. The number of hydrogen-bond donors (Lipinski definition) is 0. The predicted octanol–water partition coefficient (Wildman–Crippen LogP) is 2.66. The van der Waals surface area contributed by atoms with Crippen molar-refractivity contribution in [3.8, 4) is 17.5 Å². The summed E-state index contributed by atoms with van der Waals surface area (Å²) in [7, 11) is 1.59. The van der Waals surface area contributed by atoms with E-state index in [4.69, 9.17) is 10.00 Å². The summed E-state index contributed by atoms with van der Waals surface area (Å²) in [6.07, 6.45) is 0. The van der Waals surface area contributed by atoms with Crippen molar-refractivity contribution < 1.29 is 4.74 Å². The van der Waals surface area contributed by atoms with Crippen molar-refractivity contribution in [3.63, 3.8) is 0 Å². The highest BCUT2D eigenvalue weighted by Gasteiger charge is 2.17. The molecular formula is C18H13N5O2S. The number of aromatic nitrogens is 4. The van der Waals surface area contributed by atoms with Crippen molar-refractivity contribution in [3.05, 3.63) is 58.9 Å². The van der Waals surface area contributed by atoms with E-state index < -0.39 is 0 Å². The van der Waals surface area contributed by atoms with Crippen LogP contribution in [-0.2, 0) is 0 Å². The van der Waals surface area contributed by atoms with Crippen molar-refractivity contribution >= 4 is 28.4 Å². The van der Waals surface area contributed by atoms with Gasteiger partial charge in [-0.15, -0.1) is 10.2 Å². The molecule has 7 nitrogen and oxygen atoms in total. The zero-order chi connectivity index (χ0) is 18.1. The van der Waals surface area contributed by atoms with Crippen LogP contribution in [0.3, 0.4) is 0 Å². The Morgan fingerprint density at radius 2 is 1.92 bits per heavy atom. The van der Waals surface area contributed by atoms with Crippen molar-refractivity contribution in [1.82, 2.24) is 19.2 Å². The van der Waals surface area contributed by atoms with E-state index in [0.717, 1.165) is 0 Å². The number of rotatable bonds is 4. The van der Waals surface area contributed by atoms with Gasteiger partial charge in [0.1, 0.15) is 5.75 Å². The molecule has 4 rings (SSSR count). The lowest BCUT2D eigenvalue weighted by Crippen LogP contribution is -2.21. The van der Waals surface area contributed by atoms with Crippen molar-refractivity contribution in [1.29, 1.82) is 5.26 Å². The van der Waals surface area contributed by atoms with Crippen LogP contribution in [0.4, 0.5) is 0 Å². The van der Waals surface area contributed by atoms with Gasteiger partial charge in [-0.05, 0) is 36.4 Å². The third-order valence-corrected chi connectivity index (χ3v) is 4.79. The Hall–Kier alpha value is -3.31. The Morgan fingerprint density at radius 1 is 1.15 bits per heavy atom. The number of benzene rings is 2. The first-order valence-electron chi connectivity index (χ1n) is 7.77. The van der Waals surface area contributed by atoms with Gasteiger partial charge in [-0.25, -0.2) is 4.57 Å². The van der Waals surface area contributed by atoms with Gasteiger partial charge < -0.3 is 4.74 Å². The lowest BCUT2D eigenvalue weighted by atomic mass is 10.2. The van der Waals surface area contributed by atoms with E-state index in [2.05, 4.69) is 16.3 Å². The van der Waals surface area contributed by atoms with Gasteiger partial charge in [-0.2, -0.15) is 5.26 Å². The van der Waals surface area contributed by atoms with Crippen LogP contribution in [-0.4, -0.2) is 32.0 Å². The molecule has 0 spiro atoms. The SMILES string of the molecule is COc1ccc(-n2c(=O)c3ccccc3n3c(SCC#N)nnc23)cc1. The molecule has 2 aromatic heterocycles. The number of thioether (sulfide) groups is 1. The molecule has 8 heteroatoms. The van der Waals surface area contributed by atoms with Crippen LogP contribution in [0.1, 0.15) is 0 Å². The minimum atomic E-state index is -0.178. The Labute approximate surface area is 152 Å². The lowest BCUT2D eigenvalue weighted by Gasteiger charge is -2.11. The molecule has 128 valence electrons. The monoisotopic (exact) mass is 363 g/mol. The van der Waals surface area contributed by atoms with Crippen molar-refractivity contribution in [2.75, 3.05) is 12.9 Å². The van der Waals surface area contributed by atoms with Crippen LogP contribution in [0.2, 0.25) is 0 Å². The number of para-hydroxylation sites is 1. The van der Waals surface area contributed by atoms with Crippen molar-refractivity contribution in [2.24, 2.45) is 0 Å². The van der Waals surface area contributed by atoms with Gasteiger partial charge in [0.05, 0.1) is 35.5 Å². The summed E-state index contributed by atoms with van der Waals surface area (Å²) in [5.74, 6) is 1.35. The number of nitrogens with zero attached hydrogens (tertiary/aromatic N) is 5. The molecule has 0 atom stereocenters. The lowest BCUT2D eigenvalue weighted by molar-refractivity contribution is 0.414. The van der Waals surface area contributed by atoms with Gasteiger partial charge in [-0.1, -0.05) is 23.9 Å². The van der Waals surface area contributed by atoms with Gasteiger partial charge >= 0.3 is 0 Å². The molecule has 0 bridgehead atoms. The average Bonchev–Trinajstić information content (AvgIpc) is 3.11. The normalized spacial score (nSPS) is 10.9. The van der Waals surface area contributed by atoms with Gasteiger partial charge in [0.15, 0.2) is 5.16 Å². The summed E-state index contributed by atoms with van der Waals surface area (Å²) >= 11 is 1.28. The fourth-order valence-corrected chi connectivity index (χ4v) is 3.43. The van der Waals surface area contributed by atoms with Crippen LogP contribution in [0.5, 0.6) is 5.75 Å². The maximum atomic E-state index is 13.1. The molecule has 0 saturated heterocycles. The third kappa shape index (κ3) is 2.50. The molecule has 0 fully saturated rings. The number of hydrogen-bond acceptors (Lipinski definition) is 6. The first-order chi connectivity index (χ1) is 12.7. The molecule has 2 aromatic carbocycles. The fourth-order valence-electron chi connectivity index (χ4n) is 2.83. The quantitative estimate of drug-likeness (QED) is 0.518. The maximum absolute atomic E-state index is 13.1. The smallest absolute Gasteiger partial charge is 0.267 e.